The third kappa shape index (κ3) is 3.89. The number of nitrogens with one attached hydrogen (secondary N) is 1. The van der Waals surface area contributed by atoms with Crippen molar-refractivity contribution < 1.29 is 4.79 Å². The molecule has 2 aromatic rings. The predicted molar refractivity (Wildman–Crippen MR) is 99.6 cm³/mol. The maximum atomic E-state index is 12.5. The molecular weight excluding hydrogens is 322 g/mol. The van der Waals surface area contributed by atoms with E-state index in [9.17, 15) is 4.79 Å². The fourth-order valence-corrected chi connectivity index (χ4v) is 3.19. The fourth-order valence-electron chi connectivity index (χ4n) is 2.99. The van der Waals surface area contributed by atoms with Gasteiger partial charge in [-0.2, -0.15) is 0 Å². The fraction of sp³-hybridized carbons (Fsp3) is 0.316. The minimum Gasteiger partial charge on any atom is -0.323 e. The summed E-state index contributed by atoms with van der Waals surface area (Å²) < 4.78 is 0. The Kier molecular flexibility index (Phi) is 5.07. The van der Waals surface area contributed by atoms with Gasteiger partial charge in [-0.25, -0.2) is 4.79 Å². The SMILES string of the molecule is CN(C)[C@H]1CCN(C(=O)Nc2cccc(-c3cccc(Cl)c3)c2)C1. The van der Waals surface area contributed by atoms with Crippen molar-refractivity contribution in [2.45, 2.75) is 12.5 Å². The average molecular weight is 344 g/mol. The molecule has 126 valence electrons. The highest BCUT2D eigenvalue weighted by Crippen LogP contribution is 2.25. The van der Waals surface area contributed by atoms with Crippen molar-refractivity contribution in [1.29, 1.82) is 0 Å². The zero-order valence-corrected chi connectivity index (χ0v) is 14.8. The monoisotopic (exact) mass is 343 g/mol. The molecule has 1 saturated heterocycles. The van der Waals surface area contributed by atoms with E-state index in [1.54, 1.807) is 0 Å². The molecule has 0 radical (unpaired) electrons. The van der Waals surface area contributed by atoms with Crippen LogP contribution in [0, 0.1) is 0 Å². The quantitative estimate of drug-likeness (QED) is 0.907. The van der Waals surface area contributed by atoms with Crippen molar-refractivity contribution >= 4 is 23.3 Å². The Morgan fingerprint density at radius 2 is 1.88 bits per heavy atom. The Hall–Kier alpha value is -2.04. The zero-order chi connectivity index (χ0) is 17.1. The van der Waals surface area contributed by atoms with Gasteiger partial charge in [-0.15, -0.1) is 0 Å². The van der Waals surface area contributed by atoms with E-state index < -0.39 is 0 Å². The van der Waals surface area contributed by atoms with Gasteiger partial charge in [0, 0.05) is 29.8 Å². The molecule has 2 aromatic carbocycles. The molecule has 1 N–H and O–H groups in total. The molecule has 3 rings (SSSR count). The summed E-state index contributed by atoms with van der Waals surface area (Å²) in [5.41, 5.74) is 2.86. The molecule has 0 unspecified atom stereocenters. The highest BCUT2D eigenvalue weighted by molar-refractivity contribution is 6.30. The van der Waals surface area contributed by atoms with Gasteiger partial charge in [0.25, 0.3) is 0 Å². The van der Waals surface area contributed by atoms with E-state index in [-0.39, 0.29) is 6.03 Å². The highest BCUT2D eigenvalue weighted by atomic mass is 35.5. The largest absolute Gasteiger partial charge is 0.323 e. The molecule has 4 nitrogen and oxygen atoms in total. The molecule has 2 amide bonds. The van der Waals surface area contributed by atoms with Crippen LogP contribution in [0.2, 0.25) is 5.02 Å². The lowest BCUT2D eigenvalue weighted by molar-refractivity contribution is 0.216. The number of benzene rings is 2. The first kappa shape index (κ1) is 16.8. The molecule has 1 aliphatic rings. The predicted octanol–water partition coefficient (Wildman–Crippen LogP) is 4.17. The topological polar surface area (TPSA) is 35.6 Å². The number of carbonyl (C=O) groups excluding carboxylic acids is 1. The van der Waals surface area contributed by atoms with E-state index >= 15 is 0 Å². The van der Waals surface area contributed by atoms with Gasteiger partial charge in [0.05, 0.1) is 0 Å². The van der Waals surface area contributed by atoms with Crippen molar-refractivity contribution in [3.05, 3.63) is 53.6 Å². The third-order valence-electron chi connectivity index (χ3n) is 4.45. The van der Waals surface area contributed by atoms with E-state index in [1.807, 2.05) is 53.4 Å². The van der Waals surface area contributed by atoms with Gasteiger partial charge in [-0.1, -0.05) is 35.9 Å². The standard InChI is InChI=1S/C19H22ClN3O/c1-22(2)18-9-10-23(13-18)19(24)21-17-8-4-6-15(12-17)14-5-3-7-16(20)11-14/h3-8,11-12,18H,9-10,13H2,1-2H3,(H,21,24)/t18-/m0/s1. The Bertz CT molecular complexity index is 732. The number of anilines is 1. The lowest BCUT2D eigenvalue weighted by Gasteiger charge is -2.21. The molecule has 0 aliphatic carbocycles. The first-order valence-electron chi connectivity index (χ1n) is 8.11. The minimum absolute atomic E-state index is 0.0393. The summed E-state index contributed by atoms with van der Waals surface area (Å²) in [6, 6.07) is 15.9. The van der Waals surface area contributed by atoms with Crippen LogP contribution in [0.1, 0.15) is 6.42 Å². The van der Waals surface area contributed by atoms with Gasteiger partial charge in [-0.05, 0) is 55.9 Å². The van der Waals surface area contributed by atoms with E-state index in [4.69, 9.17) is 11.6 Å². The molecular formula is C19H22ClN3O. The van der Waals surface area contributed by atoms with Crippen molar-refractivity contribution in [1.82, 2.24) is 9.80 Å². The van der Waals surface area contributed by atoms with Gasteiger partial charge >= 0.3 is 6.03 Å². The number of amides is 2. The van der Waals surface area contributed by atoms with Crippen LogP contribution >= 0.6 is 11.6 Å². The summed E-state index contributed by atoms with van der Waals surface area (Å²) in [5, 5.41) is 3.71. The lowest BCUT2D eigenvalue weighted by Crippen LogP contribution is -2.36. The highest BCUT2D eigenvalue weighted by Gasteiger charge is 2.27. The summed E-state index contributed by atoms with van der Waals surface area (Å²) in [6.45, 7) is 1.56. The van der Waals surface area contributed by atoms with Gasteiger partial charge in [0.1, 0.15) is 0 Å². The zero-order valence-electron chi connectivity index (χ0n) is 14.0. The normalized spacial score (nSPS) is 17.3. The number of nitrogens with zero attached hydrogens (tertiary/aromatic N) is 2. The van der Waals surface area contributed by atoms with Crippen LogP contribution < -0.4 is 5.32 Å². The molecule has 0 bridgehead atoms. The van der Waals surface area contributed by atoms with Crippen LogP contribution in [-0.2, 0) is 0 Å². The number of likely N-dealkylation sites (tertiary alicyclic amines) is 1. The van der Waals surface area contributed by atoms with Gasteiger partial charge in [0.15, 0.2) is 0 Å². The number of carbonyl (C=O) groups is 1. The van der Waals surface area contributed by atoms with Crippen molar-refractivity contribution in [3.8, 4) is 11.1 Å². The van der Waals surface area contributed by atoms with Gasteiger partial charge < -0.3 is 15.1 Å². The molecule has 0 spiro atoms. The number of hydrogen-bond donors (Lipinski definition) is 1. The third-order valence-corrected chi connectivity index (χ3v) is 4.69. The maximum Gasteiger partial charge on any atom is 0.321 e. The van der Waals surface area contributed by atoms with Crippen LogP contribution in [0.4, 0.5) is 10.5 Å². The van der Waals surface area contributed by atoms with Crippen LogP contribution in [-0.4, -0.2) is 49.1 Å². The van der Waals surface area contributed by atoms with E-state index in [0.717, 1.165) is 36.3 Å². The van der Waals surface area contributed by atoms with Crippen molar-refractivity contribution in [3.63, 3.8) is 0 Å². The van der Waals surface area contributed by atoms with Gasteiger partial charge in [0.2, 0.25) is 0 Å². The second-order valence-corrected chi connectivity index (χ2v) is 6.81. The summed E-state index contributed by atoms with van der Waals surface area (Å²) in [7, 11) is 4.11. The average Bonchev–Trinajstić information content (AvgIpc) is 3.05. The van der Waals surface area contributed by atoms with Gasteiger partial charge in [-0.3, -0.25) is 0 Å². The molecule has 1 aliphatic heterocycles. The minimum atomic E-state index is -0.0393. The number of hydrogen-bond acceptors (Lipinski definition) is 2. The first-order valence-corrected chi connectivity index (χ1v) is 8.49. The van der Waals surface area contributed by atoms with Crippen LogP contribution in [0.5, 0.6) is 0 Å². The first-order chi connectivity index (χ1) is 11.5. The van der Waals surface area contributed by atoms with Crippen LogP contribution in [0.3, 0.4) is 0 Å². The summed E-state index contributed by atoms with van der Waals surface area (Å²) in [4.78, 5) is 16.5. The summed E-state index contributed by atoms with van der Waals surface area (Å²) >= 11 is 6.06. The molecule has 5 heteroatoms. The molecule has 0 aromatic heterocycles. The lowest BCUT2D eigenvalue weighted by atomic mass is 10.1. The molecule has 24 heavy (non-hydrogen) atoms. The van der Waals surface area contributed by atoms with Crippen LogP contribution in [0.15, 0.2) is 48.5 Å². The second kappa shape index (κ2) is 7.24. The Morgan fingerprint density at radius 1 is 1.17 bits per heavy atom. The molecule has 0 saturated carbocycles. The Labute approximate surface area is 148 Å². The Morgan fingerprint density at radius 3 is 2.54 bits per heavy atom. The number of likely N-dealkylation sites (N-methyl/N-ethyl adjacent to an activating group) is 1. The maximum absolute atomic E-state index is 12.5. The van der Waals surface area contributed by atoms with Crippen molar-refractivity contribution in [2.75, 3.05) is 32.5 Å². The molecule has 1 atom stereocenters. The molecule has 1 heterocycles. The number of halogens is 1. The van der Waals surface area contributed by atoms with Crippen LogP contribution in [0.25, 0.3) is 11.1 Å². The van der Waals surface area contributed by atoms with E-state index in [1.165, 1.54) is 0 Å². The van der Waals surface area contributed by atoms with E-state index in [0.29, 0.717) is 11.1 Å². The number of rotatable bonds is 3. The van der Waals surface area contributed by atoms with Crippen molar-refractivity contribution in [2.24, 2.45) is 0 Å². The number of urea groups is 1. The smallest absolute Gasteiger partial charge is 0.321 e. The summed E-state index contributed by atoms with van der Waals surface area (Å²) in [5.74, 6) is 0. The second-order valence-electron chi connectivity index (χ2n) is 6.37. The Balaban J connectivity index is 1.70. The molecule has 1 fully saturated rings. The summed E-state index contributed by atoms with van der Waals surface area (Å²) in [6.07, 6.45) is 1.02. The van der Waals surface area contributed by atoms with E-state index in [2.05, 4.69) is 24.3 Å².